The summed E-state index contributed by atoms with van der Waals surface area (Å²) in [7, 11) is 0. The molecule has 3 heteroatoms. The van der Waals surface area contributed by atoms with E-state index in [2.05, 4.69) is 4.99 Å². The SMILES string of the molecule is Cl.Oc1cccc2c1C=C1CC2=CC=N1. The Morgan fingerprint density at radius 2 is 2.13 bits per heavy atom. The zero-order chi connectivity index (χ0) is 9.54. The zero-order valence-electron chi connectivity index (χ0n) is 7.97. The molecule has 1 heterocycles. The third-order valence-corrected chi connectivity index (χ3v) is 2.63. The molecule has 0 spiro atoms. The summed E-state index contributed by atoms with van der Waals surface area (Å²) in [6, 6.07) is 5.62. The summed E-state index contributed by atoms with van der Waals surface area (Å²) in [6.07, 6.45) is 6.66. The summed E-state index contributed by atoms with van der Waals surface area (Å²) in [5.74, 6) is 0.336. The van der Waals surface area contributed by atoms with E-state index in [4.69, 9.17) is 0 Å². The largest absolute Gasteiger partial charge is 0.507 e. The zero-order valence-corrected chi connectivity index (χ0v) is 8.79. The number of aromatic hydroxyl groups is 1. The van der Waals surface area contributed by atoms with Crippen molar-refractivity contribution >= 4 is 30.3 Å². The summed E-state index contributed by atoms with van der Waals surface area (Å²) in [6.45, 7) is 0. The highest BCUT2D eigenvalue weighted by Crippen LogP contribution is 2.38. The lowest BCUT2D eigenvalue weighted by atomic mass is 9.89. The highest BCUT2D eigenvalue weighted by molar-refractivity contribution is 5.94. The molecule has 1 N–H and O–H groups in total. The summed E-state index contributed by atoms with van der Waals surface area (Å²) < 4.78 is 0. The van der Waals surface area contributed by atoms with Gasteiger partial charge in [-0.1, -0.05) is 12.1 Å². The van der Waals surface area contributed by atoms with E-state index in [-0.39, 0.29) is 12.4 Å². The van der Waals surface area contributed by atoms with Crippen LogP contribution in [0.15, 0.2) is 35.0 Å². The van der Waals surface area contributed by atoms with Gasteiger partial charge in [-0.3, -0.25) is 4.99 Å². The number of phenols is 1. The molecule has 0 radical (unpaired) electrons. The molecule has 2 bridgehead atoms. The molecule has 1 aromatic carbocycles. The van der Waals surface area contributed by atoms with Crippen molar-refractivity contribution in [2.45, 2.75) is 6.42 Å². The van der Waals surface area contributed by atoms with Crippen molar-refractivity contribution in [3.63, 3.8) is 0 Å². The van der Waals surface area contributed by atoms with Crippen LogP contribution in [0.5, 0.6) is 5.75 Å². The number of phenolic OH excluding ortho intramolecular Hbond substituents is 1. The van der Waals surface area contributed by atoms with E-state index in [0.29, 0.717) is 5.75 Å². The maximum Gasteiger partial charge on any atom is 0.123 e. The van der Waals surface area contributed by atoms with Gasteiger partial charge in [0, 0.05) is 23.9 Å². The quantitative estimate of drug-likeness (QED) is 0.715. The molecule has 0 aromatic heterocycles. The van der Waals surface area contributed by atoms with Crippen LogP contribution in [0.1, 0.15) is 17.5 Å². The molecule has 76 valence electrons. The second-order valence-corrected chi connectivity index (χ2v) is 3.52. The van der Waals surface area contributed by atoms with Crippen LogP contribution >= 0.6 is 12.4 Å². The van der Waals surface area contributed by atoms with Crippen LogP contribution in [0.2, 0.25) is 0 Å². The predicted octanol–water partition coefficient (Wildman–Crippen LogP) is 3.03. The lowest BCUT2D eigenvalue weighted by molar-refractivity contribution is 0.473. The van der Waals surface area contributed by atoms with E-state index in [0.717, 1.165) is 23.2 Å². The van der Waals surface area contributed by atoms with Gasteiger partial charge in [-0.15, -0.1) is 12.4 Å². The number of benzene rings is 1. The first-order valence-corrected chi connectivity index (χ1v) is 4.61. The topological polar surface area (TPSA) is 32.6 Å². The number of dihydropyridines is 1. The number of aliphatic imine (C=N–C) groups is 1. The number of halogens is 1. The normalized spacial score (nSPS) is 16.0. The Bertz CT molecular complexity index is 500. The van der Waals surface area contributed by atoms with Crippen LogP contribution in [-0.4, -0.2) is 11.3 Å². The average Bonchev–Trinajstić information content (AvgIpc) is 2.20. The van der Waals surface area contributed by atoms with Gasteiger partial charge in [0.1, 0.15) is 5.75 Å². The van der Waals surface area contributed by atoms with Gasteiger partial charge < -0.3 is 5.11 Å². The smallest absolute Gasteiger partial charge is 0.123 e. The Kier molecular flexibility index (Phi) is 2.37. The third-order valence-electron chi connectivity index (χ3n) is 2.63. The predicted molar refractivity (Wildman–Crippen MR) is 64.4 cm³/mol. The number of hydrogen-bond acceptors (Lipinski definition) is 2. The summed E-state index contributed by atoms with van der Waals surface area (Å²) in [4.78, 5) is 4.24. The van der Waals surface area contributed by atoms with Gasteiger partial charge in [-0.2, -0.15) is 0 Å². The number of hydrogen-bond donors (Lipinski definition) is 1. The minimum Gasteiger partial charge on any atom is -0.507 e. The van der Waals surface area contributed by atoms with Gasteiger partial charge in [0.25, 0.3) is 0 Å². The molecule has 15 heavy (non-hydrogen) atoms. The fraction of sp³-hybridized carbons (Fsp3) is 0.0833. The highest BCUT2D eigenvalue weighted by atomic mass is 35.5. The number of fused-ring (bicyclic) bond motifs is 4. The second-order valence-electron chi connectivity index (χ2n) is 3.52. The summed E-state index contributed by atoms with van der Waals surface area (Å²) in [5, 5.41) is 9.69. The Labute approximate surface area is 94.1 Å². The first-order valence-electron chi connectivity index (χ1n) is 4.61. The Morgan fingerprint density at radius 3 is 3.00 bits per heavy atom. The average molecular weight is 220 g/mol. The standard InChI is InChI=1S/C12H9NO.ClH/c14-12-3-1-2-10-8-4-5-13-9(6-8)7-11(10)12;/h1-5,7,14H,6H2;1H. The van der Waals surface area contributed by atoms with E-state index in [1.807, 2.05) is 30.5 Å². The molecule has 0 saturated heterocycles. The van der Waals surface area contributed by atoms with Gasteiger partial charge in [0.05, 0.1) is 0 Å². The van der Waals surface area contributed by atoms with Crippen molar-refractivity contribution in [2.75, 3.05) is 0 Å². The first kappa shape index (κ1) is 9.99. The molecule has 0 fully saturated rings. The fourth-order valence-electron chi connectivity index (χ4n) is 1.95. The fourth-order valence-corrected chi connectivity index (χ4v) is 1.95. The molecule has 2 nitrogen and oxygen atoms in total. The number of nitrogens with zero attached hydrogens (tertiary/aromatic N) is 1. The van der Waals surface area contributed by atoms with E-state index < -0.39 is 0 Å². The number of rotatable bonds is 0. The molecule has 2 aliphatic rings. The third kappa shape index (κ3) is 1.47. The molecule has 1 aromatic rings. The van der Waals surface area contributed by atoms with Crippen LogP contribution in [0, 0.1) is 0 Å². The van der Waals surface area contributed by atoms with Gasteiger partial charge in [0.2, 0.25) is 0 Å². The van der Waals surface area contributed by atoms with Crippen LogP contribution in [0.25, 0.3) is 11.6 Å². The molecule has 3 rings (SSSR count). The van der Waals surface area contributed by atoms with Crippen LogP contribution in [0.3, 0.4) is 0 Å². The molecule has 0 saturated carbocycles. The molecule has 1 aliphatic carbocycles. The van der Waals surface area contributed by atoms with Crippen molar-refractivity contribution < 1.29 is 5.11 Å². The Hall–Kier alpha value is -1.54. The van der Waals surface area contributed by atoms with Crippen molar-refractivity contribution in [3.8, 4) is 5.75 Å². The van der Waals surface area contributed by atoms with Gasteiger partial charge in [0.15, 0.2) is 0 Å². The number of allylic oxidation sites excluding steroid dienone is 2. The maximum atomic E-state index is 9.69. The van der Waals surface area contributed by atoms with Crippen LogP contribution in [-0.2, 0) is 0 Å². The molecule has 0 unspecified atom stereocenters. The lowest BCUT2D eigenvalue weighted by Crippen LogP contribution is -2.01. The Morgan fingerprint density at radius 1 is 1.27 bits per heavy atom. The first-order chi connectivity index (χ1) is 6.84. The summed E-state index contributed by atoms with van der Waals surface area (Å²) >= 11 is 0. The molecule has 0 amide bonds. The molecular weight excluding hydrogens is 210 g/mol. The molecule has 0 atom stereocenters. The molecule has 1 aliphatic heterocycles. The van der Waals surface area contributed by atoms with E-state index >= 15 is 0 Å². The molecular formula is C12H10ClNO. The summed E-state index contributed by atoms with van der Waals surface area (Å²) in [5.41, 5.74) is 4.29. The van der Waals surface area contributed by atoms with Crippen molar-refractivity contribution in [3.05, 3.63) is 41.1 Å². The Balaban J connectivity index is 0.000000853. The minimum atomic E-state index is 0. The lowest BCUT2D eigenvalue weighted by Gasteiger charge is -2.20. The highest BCUT2D eigenvalue weighted by Gasteiger charge is 2.18. The van der Waals surface area contributed by atoms with E-state index in [9.17, 15) is 5.11 Å². The van der Waals surface area contributed by atoms with E-state index in [1.165, 1.54) is 5.57 Å². The van der Waals surface area contributed by atoms with Gasteiger partial charge in [-0.05, 0) is 29.4 Å². The minimum absolute atomic E-state index is 0. The second kappa shape index (κ2) is 3.55. The van der Waals surface area contributed by atoms with Crippen molar-refractivity contribution in [1.82, 2.24) is 0 Å². The van der Waals surface area contributed by atoms with Crippen LogP contribution in [0.4, 0.5) is 0 Å². The van der Waals surface area contributed by atoms with Gasteiger partial charge >= 0.3 is 0 Å². The maximum absolute atomic E-state index is 9.69. The van der Waals surface area contributed by atoms with Crippen molar-refractivity contribution in [2.24, 2.45) is 4.99 Å². The van der Waals surface area contributed by atoms with Crippen LogP contribution < -0.4 is 0 Å². The monoisotopic (exact) mass is 219 g/mol. The van der Waals surface area contributed by atoms with E-state index in [1.54, 1.807) is 6.07 Å². The van der Waals surface area contributed by atoms with Crippen molar-refractivity contribution in [1.29, 1.82) is 0 Å². The van der Waals surface area contributed by atoms with Gasteiger partial charge in [-0.25, -0.2) is 0 Å².